The van der Waals surface area contributed by atoms with Gasteiger partial charge in [0, 0.05) is 0 Å². The number of rotatable bonds is 6. The molecule has 0 radical (unpaired) electrons. The molecule has 0 unspecified atom stereocenters. The number of ether oxygens (including phenoxy) is 1. The summed E-state index contributed by atoms with van der Waals surface area (Å²) < 4.78 is 12.6. The van der Waals surface area contributed by atoms with Crippen LogP contribution < -0.4 is 5.32 Å². The monoisotopic (exact) mass is 252 g/mol. The van der Waals surface area contributed by atoms with E-state index in [4.69, 9.17) is 11.2 Å². The zero-order valence-electron chi connectivity index (χ0n) is 11.2. The molecule has 1 aromatic rings. The molecule has 2 N–H and O–H groups in total. The average Bonchev–Trinajstić information content (AvgIpc) is 2.37. The number of carboxylic acids is 1. The number of hydrogen-bond donors (Lipinski definition) is 2. The van der Waals surface area contributed by atoms with E-state index in [-0.39, 0.29) is 13.0 Å². The van der Waals surface area contributed by atoms with Crippen LogP contribution >= 0.6 is 0 Å². The molecule has 0 aliphatic rings. The highest BCUT2D eigenvalue weighted by Crippen LogP contribution is 2.02. The number of carbonyl (C=O) groups excluding carboxylic acids is 1. The van der Waals surface area contributed by atoms with Crippen LogP contribution in [0.25, 0.3) is 0 Å². The van der Waals surface area contributed by atoms with Gasteiger partial charge in [0.2, 0.25) is 0 Å². The Morgan fingerprint density at radius 3 is 2.67 bits per heavy atom. The first-order valence-electron chi connectivity index (χ1n) is 6.20. The number of amides is 1. The zero-order chi connectivity index (χ0) is 14.3. The molecule has 0 aromatic heterocycles. The van der Waals surface area contributed by atoms with Crippen molar-refractivity contribution in [2.24, 2.45) is 0 Å². The SMILES string of the molecule is [2H][C@@](CCC)(NC(=O)OCc1ccccc1)C(=O)O. The molecule has 0 heterocycles. The third-order valence-electron chi connectivity index (χ3n) is 2.22. The summed E-state index contributed by atoms with van der Waals surface area (Å²) in [5.74, 6) is -1.40. The van der Waals surface area contributed by atoms with Gasteiger partial charge in [-0.3, -0.25) is 0 Å². The smallest absolute Gasteiger partial charge is 0.408 e. The molecule has 0 spiro atoms. The van der Waals surface area contributed by atoms with Gasteiger partial charge >= 0.3 is 12.1 Å². The van der Waals surface area contributed by atoms with E-state index >= 15 is 0 Å². The fourth-order valence-electron chi connectivity index (χ4n) is 1.36. The number of alkyl carbamates (subject to hydrolysis) is 1. The topological polar surface area (TPSA) is 75.6 Å². The van der Waals surface area contributed by atoms with E-state index in [1.54, 1.807) is 31.2 Å². The fourth-order valence-corrected chi connectivity index (χ4v) is 1.36. The second kappa shape index (κ2) is 7.32. The Labute approximate surface area is 107 Å². The highest BCUT2D eigenvalue weighted by atomic mass is 16.5. The van der Waals surface area contributed by atoms with Crippen LogP contribution in [-0.4, -0.2) is 23.2 Å². The number of hydrogen-bond acceptors (Lipinski definition) is 3. The minimum Gasteiger partial charge on any atom is -0.480 e. The maximum absolute atomic E-state index is 11.5. The molecule has 5 nitrogen and oxygen atoms in total. The third-order valence-corrected chi connectivity index (χ3v) is 2.22. The van der Waals surface area contributed by atoms with Crippen LogP contribution in [0.5, 0.6) is 0 Å². The predicted molar refractivity (Wildman–Crippen MR) is 66.1 cm³/mol. The largest absolute Gasteiger partial charge is 0.480 e. The first-order valence-corrected chi connectivity index (χ1v) is 5.70. The van der Waals surface area contributed by atoms with Gasteiger partial charge in [-0.25, -0.2) is 9.59 Å². The van der Waals surface area contributed by atoms with Gasteiger partial charge in [0.05, 0.1) is 1.37 Å². The van der Waals surface area contributed by atoms with Gasteiger partial charge in [-0.2, -0.15) is 0 Å². The summed E-state index contributed by atoms with van der Waals surface area (Å²) >= 11 is 0. The van der Waals surface area contributed by atoms with Crippen molar-refractivity contribution in [1.82, 2.24) is 5.32 Å². The van der Waals surface area contributed by atoms with E-state index in [2.05, 4.69) is 5.32 Å². The Kier molecular flexibility index (Phi) is 5.05. The van der Waals surface area contributed by atoms with E-state index in [0.717, 1.165) is 5.56 Å². The van der Waals surface area contributed by atoms with Crippen molar-refractivity contribution in [1.29, 1.82) is 0 Å². The lowest BCUT2D eigenvalue weighted by Gasteiger charge is -2.13. The lowest BCUT2D eigenvalue weighted by Crippen LogP contribution is -2.40. The van der Waals surface area contributed by atoms with Crippen molar-refractivity contribution < 1.29 is 20.8 Å². The average molecular weight is 252 g/mol. The highest BCUT2D eigenvalue weighted by molar-refractivity contribution is 5.79. The summed E-state index contributed by atoms with van der Waals surface area (Å²) in [4.78, 5) is 22.5. The molecule has 1 amide bonds. The second-order valence-corrected chi connectivity index (χ2v) is 3.72. The van der Waals surface area contributed by atoms with E-state index in [9.17, 15) is 9.59 Å². The molecular weight excluding hydrogens is 234 g/mol. The van der Waals surface area contributed by atoms with E-state index < -0.39 is 18.1 Å². The van der Waals surface area contributed by atoms with Crippen molar-refractivity contribution in [2.45, 2.75) is 32.4 Å². The van der Waals surface area contributed by atoms with E-state index in [1.165, 1.54) is 0 Å². The molecule has 0 saturated carbocycles. The van der Waals surface area contributed by atoms with Crippen LogP contribution in [-0.2, 0) is 16.1 Å². The van der Waals surface area contributed by atoms with Crippen LogP contribution in [0.4, 0.5) is 4.79 Å². The van der Waals surface area contributed by atoms with Gasteiger partial charge in [-0.15, -0.1) is 0 Å². The molecule has 0 saturated heterocycles. The Morgan fingerprint density at radius 2 is 2.11 bits per heavy atom. The quantitative estimate of drug-likeness (QED) is 0.813. The first kappa shape index (κ1) is 12.4. The number of carboxylic acid groups (broad SMARTS) is 1. The second-order valence-electron chi connectivity index (χ2n) is 3.72. The van der Waals surface area contributed by atoms with Gasteiger partial charge in [0.1, 0.15) is 12.6 Å². The predicted octanol–water partition coefficient (Wildman–Crippen LogP) is 2.17. The molecule has 18 heavy (non-hydrogen) atoms. The minimum absolute atomic E-state index is 0.0166. The summed E-state index contributed by atoms with van der Waals surface area (Å²) in [6.07, 6.45) is -0.424. The summed E-state index contributed by atoms with van der Waals surface area (Å²) in [6, 6.07) is 6.97. The van der Waals surface area contributed by atoms with Crippen LogP contribution in [0.2, 0.25) is 0 Å². The van der Waals surface area contributed by atoms with Crippen LogP contribution in [0.15, 0.2) is 30.3 Å². The molecule has 0 aliphatic heterocycles. The molecule has 1 rings (SSSR count). The summed E-state index contributed by atoms with van der Waals surface area (Å²) in [5, 5.41) is 11.0. The number of nitrogens with one attached hydrogen (secondary N) is 1. The normalized spacial score (nSPS) is 14.2. The maximum atomic E-state index is 11.5. The Bertz CT molecular complexity index is 438. The molecule has 0 aliphatic carbocycles. The van der Waals surface area contributed by atoms with Crippen molar-refractivity contribution in [3.8, 4) is 0 Å². The van der Waals surface area contributed by atoms with E-state index in [0.29, 0.717) is 6.42 Å². The maximum Gasteiger partial charge on any atom is 0.408 e. The van der Waals surface area contributed by atoms with Crippen LogP contribution in [0.3, 0.4) is 0 Å². The Hall–Kier alpha value is -2.04. The van der Waals surface area contributed by atoms with Gasteiger partial charge in [-0.1, -0.05) is 43.7 Å². The zero-order valence-corrected chi connectivity index (χ0v) is 10.2. The molecule has 5 heteroatoms. The fraction of sp³-hybridized carbons (Fsp3) is 0.385. The van der Waals surface area contributed by atoms with Crippen molar-refractivity contribution in [2.75, 3.05) is 0 Å². The van der Waals surface area contributed by atoms with Gasteiger partial charge < -0.3 is 15.2 Å². The minimum atomic E-state index is -2.04. The van der Waals surface area contributed by atoms with Crippen molar-refractivity contribution >= 4 is 12.1 Å². The summed E-state index contributed by atoms with van der Waals surface area (Å²) in [5.41, 5.74) is 0.791. The number of carbonyl (C=O) groups is 2. The number of benzene rings is 1. The molecular formula is C13H17NO4. The molecule has 0 bridgehead atoms. The summed E-state index contributed by atoms with van der Waals surface area (Å²) in [6.45, 7) is 1.78. The summed E-state index contributed by atoms with van der Waals surface area (Å²) in [7, 11) is 0. The molecule has 98 valence electrons. The van der Waals surface area contributed by atoms with Crippen LogP contribution in [0, 0.1) is 0 Å². The first-order chi connectivity index (χ1) is 8.98. The standard InChI is InChI=1S/C13H17NO4/c1-2-6-11(12(15)16)14-13(17)18-9-10-7-4-3-5-8-10/h3-5,7-8,11H,2,6,9H2,1H3,(H,14,17)(H,15,16)/t11-/m0/s1/i11D. The third kappa shape index (κ3) is 4.86. The van der Waals surface area contributed by atoms with E-state index in [1.807, 2.05) is 6.07 Å². The Morgan fingerprint density at radius 1 is 1.44 bits per heavy atom. The lowest BCUT2D eigenvalue weighted by atomic mass is 10.2. The van der Waals surface area contributed by atoms with Crippen LogP contribution in [0.1, 0.15) is 26.7 Å². The number of aliphatic carboxylic acids is 1. The van der Waals surface area contributed by atoms with Crippen molar-refractivity contribution in [3.63, 3.8) is 0 Å². The van der Waals surface area contributed by atoms with Crippen molar-refractivity contribution in [3.05, 3.63) is 35.9 Å². The molecule has 1 aromatic carbocycles. The Balaban J connectivity index is 2.52. The van der Waals surface area contributed by atoms with Gasteiger partial charge in [-0.05, 0) is 12.0 Å². The highest BCUT2D eigenvalue weighted by Gasteiger charge is 2.19. The molecule has 1 atom stereocenters. The van der Waals surface area contributed by atoms with Gasteiger partial charge in [0.25, 0.3) is 0 Å². The van der Waals surface area contributed by atoms with Gasteiger partial charge in [0.15, 0.2) is 0 Å². The lowest BCUT2D eigenvalue weighted by molar-refractivity contribution is -0.139. The molecule has 0 fully saturated rings.